The van der Waals surface area contributed by atoms with Crippen LogP contribution in [0.25, 0.3) is 0 Å². The molecule has 1 N–H and O–H groups in total. The molecule has 0 saturated heterocycles. The number of hydrogen-bond acceptors (Lipinski definition) is 4. The second-order valence-electron chi connectivity index (χ2n) is 2.23. The number of amides is 1. The van der Waals surface area contributed by atoms with Crippen LogP contribution in [0.1, 0.15) is 5.69 Å². The Labute approximate surface area is 61.4 Å². The zero-order chi connectivity index (χ0) is 7.84. The van der Waals surface area contributed by atoms with E-state index < -0.39 is 11.7 Å². The molecule has 0 atom stereocenters. The molecule has 1 amide bonds. The van der Waals surface area contributed by atoms with Gasteiger partial charge in [-0.25, -0.2) is 0 Å². The molecule has 2 heterocycles. The monoisotopic (exact) mass is 152 g/mol. The van der Waals surface area contributed by atoms with Crippen molar-refractivity contribution in [1.29, 1.82) is 0 Å². The third kappa shape index (κ3) is 0.813. The molecule has 1 aliphatic heterocycles. The number of Topliss-reactive ketones (excluding diaryl/α,β-unsaturated/α-hetero) is 1. The van der Waals surface area contributed by atoms with Crippen LogP contribution in [-0.4, -0.2) is 16.8 Å². The van der Waals surface area contributed by atoms with E-state index in [0.29, 0.717) is 11.4 Å². The quantitative estimate of drug-likeness (QED) is 0.520. The number of ketones is 1. The van der Waals surface area contributed by atoms with E-state index in [0.717, 1.165) is 0 Å². The van der Waals surface area contributed by atoms with Crippen molar-refractivity contribution in [3.8, 4) is 0 Å². The molecule has 0 aliphatic carbocycles. The maximum Gasteiger partial charge on any atom is 0.292 e. The number of carbonyl (C=O) groups is 2. The van der Waals surface area contributed by atoms with Gasteiger partial charge in [-0.05, 0) is 0 Å². The van der Waals surface area contributed by atoms with Gasteiger partial charge in [0, 0.05) is 0 Å². The predicted molar refractivity (Wildman–Crippen MR) is 33.8 cm³/mol. The molecule has 1 aromatic rings. The smallest absolute Gasteiger partial charge is 0.292 e. The minimum atomic E-state index is -0.597. The summed E-state index contributed by atoms with van der Waals surface area (Å²) in [4.78, 5) is 21.5. The van der Waals surface area contributed by atoms with Crippen LogP contribution in [0.15, 0.2) is 10.8 Å². The fourth-order valence-electron chi connectivity index (χ4n) is 0.913. The summed E-state index contributed by atoms with van der Waals surface area (Å²) in [5.74, 6) is -1.08. The zero-order valence-corrected chi connectivity index (χ0v) is 5.46. The second kappa shape index (κ2) is 1.91. The van der Waals surface area contributed by atoms with Gasteiger partial charge in [-0.15, -0.1) is 0 Å². The van der Waals surface area contributed by atoms with Crippen LogP contribution in [-0.2, 0) is 16.0 Å². The van der Waals surface area contributed by atoms with Crippen molar-refractivity contribution < 1.29 is 14.1 Å². The molecule has 5 nitrogen and oxygen atoms in total. The lowest BCUT2D eigenvalue weighted by molar-refractivity contribution is -0.134. The topological polar surface area (TPSA) is 72.2 Å². The van der Waals surface area contributed by atoms with Crippen molar-refractivity contribution in [2.75, 3.05) is 5.32 Å². The fraction of sp³-hybridized carbons (Fsp3) is 0.167. The van der Waals surface area contributed by atoms with Crippen LogP contribution in [0.3, 0.4) is 0 Å². The second-order valence-corrected chi connectivity index (χ2v) is 2.23. The van der Waals surface area contributed by atoms with Gasteiger partial charge in [-0.2, -0.15) is 0 Å². The summed E-state index contributed by atoms with van der Waals surface area (Å²) in [5.41, 5.74) is 0.990. The highest BCUT2D eigenvalue weighted by Gasteiger charge is 2.25. The molecule has 0 aromatic carbocycles. The molecule has 0 bridgehead atoms. The summed E-state index contributed by atoms with van der Waals surface area (Å²) in [7, 11) is 0. The van der Waals surface area contributed by atoms with E-state index in [4.69, 9.17) is 0 Å². The van der Waals surface area contributed by atoms with Crippen molar-refractivity contribution in [2.45, 2.75) is 6.42 Å². The highest BCUT2D eigenvalue weighted by Crippen LogP contribution is 2.18. The first-order valence-corrected chi connectivity index (χ1v) is 3.05. The first-order chi connectivity index (χ1) is 5.27. The molecule has 0 unspecified atom stereocenters. The maximum atomic E-state index is 10.8. The van der Waals surface area contributed by atoms with Gasteiger partial charge in [0.25, 0.3) is 5.91 Å². The first-order valence-electron chi connectivity index (χ1n) is 3.05. The van der Waals surface area contributed by atoms with Gasteiger partial charge in [0.1, 0.15) is 17.6 Å². The number of aromatic nitrogens is 1. The molecule has 1 aromatic heterocycles. The summed E-state index contributed by atoms with van der Waals surface area (Å²) >= 11 is 0. The van der Waals surface area contributed by atoms with Gasteiger partial charge in [0.15, 0.2) is 0 Å². The van der Waals surface area contributed by atoms with Gasteiger partial charge >= 0.3 is 0 Å². The highest BCUT2D eigenvalue weighted by atomic mass is 16.5. The molecule has 5 heteroatoms. The molecule has 0 radical (unpaired) electrons. The summed E-state index contributed by atoms with van der Waals surface area (Å²) in [6.45, 7) is 0. The maximum absolute atomic E-state index is 10.8. The van der Waals surface area contributed by atoms with Gasteiger partial charge < -0.3 is 9.84 Å². The zero-order valence-electron chi connectivity index (χ0n) is 5.46. The highest BCUT2D eigenvalue weighted by molar-refractivity contribution is 6.42. The van der Waals surface area contributed by atoms with E-state index in [1.807, 2.05) is 0 Å². The molecule has 1 aliphatic rings. The average molecular weight is 152 g/mol. The lowest BCUT2D eigenvalue weighted by Gasteiger charge is -2.07. The number of nitrogens with one attached hydrogen (secondary N) is 1. The SMILES string of the molecule is O=C1Cc2nocc2NC1=O. The predicted octanol–water partition coefficient (Wildman–Crippen LogP) is -0.262. The van der Waals surface area contributed by atoms with Crippen molar-refractivity contribution >= 4 is 17.4 Å². The van der Waals surface area contributed by atoms with Crippen molar-refractivity contribution in [2.24, 2.45) is 0 Å². The van der Waals surface area contributed by atoms with E-state index in [2.05, 4.69) is 15.0 Å². The lowest BCUT2D eigenvalue weighted by atomic mass is 10.1. The molecule has 2 rings (SSSR count). The van der Waals surface area contributed by atoms with E-state index in [-0.39, 0.29) is 6.42 Å². The van der Waals surface area contributed by atoms with Crippen molar-refractivity contribution in [1.82, 2.24) is 5.16 Å². The van der Waals surface area contributed by atoms with Crippen molar-refractivity contribution in [3.05, 3.63) is 12.0 Å². The minimum Gasteiger partial charge on any atom is -0.362 e. The Morgan fingerprint density at radius 3 is 3.18 bits per heavy atom. The first kappa shape index (κ1) is 6.09. The normalized spacial score (nSPS) is 16.0. The molecule has 56 valence electrons. The van der Waals surface area contributed by atoms with Gasteiger partial charge in [-0.1, -0.05) is 5.16 Å². The Balaban J connectivity index is 2.45. The molecular weight excluding hydrogens is 148 g/mol. The van der Waals surface area contributed by atoms with Crippen LogP contribution < -0.4 is 5.32 Å². The molecule has 11 heavy (non-hydrogen) atoms. The number of anilines is 1. The number of rotatable bonds is 0. The standard InChI is InChI=1S/C6H4N2O3/c9-5-1-3-4(2-11-8-3)7-6(5)10/h2H,1H2,(H,7,10). The van der Waals surface area contributed by atoms with Crippen LogP contribution in [0.5, 0.6) is 0 Å². The Morgan fingerprint density at radius 1 is 1.55 bits per heavy atom. The minimum absolute atomic E-state index is 0.0394. The Hall–Kier alpha value is -1.65. The van der Waals surface area contributed by atoms with Crippen LogP contribution in [0.4, 0.5) is 5.69 Å². The van der Waals surface area contributed by atoms with Crippen molar-refractivity contribution in [3.63, 3.8) is 0 Å². The van der Waals surface area contributed by atoms with Crippen LogP contribution in [0, 0.1) is 0 Å². The molecule has 0 spiro atoms. The Kier molecular flexibility index (Phi) is 1.06. The van der Waals surface area contributed by atoms with Crippen LogP contribution >= 0.6 is 0 Å². The van der Waals surface area contributed by atoms with Crippen LogP contribution in [0.2, 0.25) is 0 Å². The van der Waals surface area contributed by atoms with E-state index in [9.17, 15) is 9.59 Å². The summed E-state index contributed by atoms with van der Waals surface area (Å²) in [6.07, 6.45) is 1.34. The Morgan fingerprint density at radius 2 is 2.36 bits per heavy atom. The summed E-state index contributed by atoms with van der Waals surface area (Å²) < 4.78 is 4.55. The van der Waals surface area contributed by atoms with E-state index in [1.54, 1.807) is 0 Å². The summed E-state index contributed by atoms with van der Waals surface area (Å²) in [6, 6.07) is 0. The van der Waals surface area contributed by atoms with E-state index in [1.165, 1.54) is 6.26 Å². The van der Waals surface area contributed by atoms with Gasteiger partial charge in [0.2, 0.25) is 5.78 Å². The molecule has 0 fully saturated rings. The Bertz CT molecular complexity index is 298. The van der Waals surface area contributed by atoms with E-state index >= 15 is 0 Å². The largest absolute Gasteiger partial charge is 0.362 e. The number of nitrogens with zero attached hydrogens (tertiary/aromatic N) is 1. The third-order valence-electron chi connectivity index (χ3n) is 1.47. The number of carbonyl (C=O) groups excluding carboxylic acids is 2. The molecular formula is C6H4N2O3. The van der Waals surface area contributed by atoms with Gasteiger partial charge in [-0.3, -0.25) is 9.59 Å². The third-order valence-corrected chi connectivity index (χ3v) is 1.47. The lowest BCUT2D eigenvalue weighted by Crippen LogP contribution is -2.29. The van der Waals surface area contributed by atoms with Gasteiger partial charge in [0.05, 0.1) is 6.42 Å². The average Bonchev–Trinajstić information content (AvgIpc) is 2.36. The number of hydrogen-bond donors (Lipinski definition) is 1. The number of fused-ring (bicyclic) bond motifs is 1. The molecule has 0 saturated carbocycles. The summed E-state index contributed by atoms with van der Waals surface area (Å²) in [5, 5.41) is 5.88. The fourth-order valence-corrected chi connectivity index (χ4v) is 0.913.